The van der Waals surface area contributed by atoms with Crippen LogP contribution in [-0.2, 0) is 34.1 Å². The minimum absolute atomic E-state index is 0. The van der Waals surface area contributed by atoms with Crippen LogP contribution in [0.2, 0.25) is 0 Å². The van der Waals surface area contributed by atoms with Crippen LogP contribution in [-0.4, -0.2) is 57.3 Å². The molecule has 0 aromatic rings. The van der Waals surface area contributed by atoms with E-state index in [1.165, 1.54) is 0 Å². The van der Waals surface area contributed by atoms with Crippen LogP contribution in [0.3, 0.4) is 0 Å². The van der Waals surface area contributed by atoms with E-state index in [9.17, 15) is 0 Å². The van der Waals surface area contributed by atoms with Gasteiger partial charge in [0.2, 0.25) is 0 Å². The van der Waals surface area contributed by atoms with E-state index in [0.29, 0.717) is 0 Å². The van der Waals surface area contributed by atoms with Gasteiger partial charge in [0.25, 0.3) is 0 Å². The van der Waals surface area contributed by atoms with Gasteiger partial charge in [-0.2, -0.15) is 0 Å². The molecular weight excluding hydrogens is 267 g/mol. The second-order valence-electron chi connectivity index (χ2n) is 0.612. The Labute approximate surface area is 91.4 Å². The smallest absolute Gasteiger partial charge is 0.784 e. The predicted molar refractivity (Wildman–Crippen MR) is 34.8 cm³/mol. The minimum Gasteiger partial charge on any atom is -0.784 e. The molecule has 9 nitrogen and oxygen atoms in total. The fraction of sp³-hybridized carbons (Fsp3) is 0. The second kappa shape index (κ2) is 18.5. The van der Waals surface area contributed by atoms with Gasteiger partial charge in [-0.3, -0.25) is 12.6 Å². The van der Waals surface area contributed by atoms with Crippen LogP contribution in [0.1, 0.15) is 0 Å². The molecule has 0 fully saturated rings. The summed E-state index contributed by atoms with van der Waals surface area (Å²) < 4.78 is 76.0. The Bertz CT molecular complexity index is 112. The molecule has 13 heavy (non-hydrogen) atoms. The van der Waals surface area contributed by atoms with Crippen molar-refractivity contribution in [3.05, 3.63) is 0 Å². The van der Waals surface area contributed by atoms with E-state index in [1.54, 1.807) is 0 Å². The Morgan fingerprint density at radius 1 is 0.538 bits per heavy atom. The van der Waals surface area contributed by atoms with Crippen molar-refractivity contribution in [1.29, 1.82) is 0 Å². The Balaban J connectivity index is -0.0000000450. The molecule has 78 valence electrons. The van der Waals surface area contributed by atoms with Crippen LogP contribution in [0, 0.1) is 0 Å². The van der Waals surface area contributed by atoms with Gasteiger partial charge in [0.1, 0.15) is 0 Å². The van der Waals surface area contributed by atoms with Gasteiger partial charge < -0.3 is 27.3 Å². The topological polar surface area (TPSA) is 190 Å². The molecule has 0 aromatic heterocycles. The van der Waals surface area contributed by atoms with Crippen LogP contribution in [0.15, 0.2) is 0 Å². The molecule has 0 heterocycles. The van der Waals surface area contributed by atoms with Crippen LogP contribution in [0.25, 0.3) is 0 Å². The SMILES string of the molecule is O=S([O-])[O-].O=S([O-])[O-].O=S([O-])[O-].[Al+3]. The molecule has 0 aliphatic heterocycles. The summed E-state index contributed by atoms with van der Waals surface area (Å²) in [5.74, 6) is 0. The molecule has 0 rings (SSSR count). The Kier molecular flexibility index (Phi) is 33.5. The fourth-order valence-electron chi connectivity index (χ4n) is 0. The van der Waals surface area contributed by atoms with Gasteiger partial charge in [-0.1, -0.05) is 0 Å². The monoisotopic (exact) mass is 267 g/mol. The maximum atomic E-state index is 8.44. The van der Waals surface area contributed by atoms with Crippen molar-refractivity contribution < 1.29 is 39.9 Å². The molecule has 0 spiro atoms. The number of hydrogen-bond acceptors (Lipinski definition) is 9. The first-order valence-electron chi connectivity index (χ1n) is 1.50. The summed E-state index contributed by atoms with van der Waals surface area (Å²) in [7, 11) is 0. The van der Waals surface area contributed by atoms with E-state index in [0.717, 1.165) is 0 Å². The average molecular weight is 267 g/mol. The zero-order valence-electron chi connectivity index (χ0n) is 5.48. The Hall–Kier alpha value is 0.742. The average Bonchev–Trinajstić information content (AvgIpc) is 1.54. The molecular formula is AlO9S3-3. The van der Waals surface area contributed by atoms with Crippen LogP contribution in [0.4, 0.5) is 0 Å². The molecule has 13 heteroatoms. The second-order valence-corrected chi connectivity index (χ2v) is 1.84. The van der Waals surface area contributed by atoms with E-state index < -0.39 is 34.1 Å². The van der Waals surface area contributed by atoms with E-state index >= 15 is 0 Å². The first-order valence-corrected chi connectivity index (χ1v) is 4.50. The maximum absolute atomic E-state index is 8.44. The molecule has 0 atom stereocenters. The molecule has 0 saturated heterocycles. The van der Waals surface area contributed by atoms with Gasteiger partial charge in [-0.15, -0.1) is 34.1 Å². The van der Waals surface area contributed by atoms with Crippen molar-refractivity contribution in [2.45, 2.75) is 0 Å². The molecule has 0 N–H and O–H groups in total. The van der Waals surface area contributed by atoms with Gasteiger partial charge >= 0.3 is 17.4 Å². The summed E-state index contributed by atoms with van der Waals surface area (Å²) in [5.41, 5.74) is 0. The zero-order chi connectivity index (χ0) is 10.7. The third kappa shape index (κ3) is 2670. The van der Waals surface area contributed by atoms with Gasteiger partial charge in [0.15, 0.2) is 0 Å². The van der Waals surface area contributed by atoms with Crippen molar-refractivity contribution in [2.24, 2.45) is 0 Å². The van der Waals surface area contributed by atoms with Crippen LogP contribution >= 0.6 is 0 Å². The van der Waals surface area contributed by atoms with Gasteiger partial charge in [-0.25, -0.2) is 0 Å². The summed E-state index contributed by atoms with van der Waals surface area (Å²) in [4.78, 5) is 0. The predicted octanol–water partition coefficient (Wildman–Crippen LogP) is -3.39. The molecule has 0 aliphatic carbocycles. The van der Waals surface area contributed by atoms with Gasteiger partial charge in [0, 0.05) is 0 Å². The van der Waals surface area contributed by atoms with E-state index in [4.69, 9.17) is 39.9 Å². The Morgan fingerprint density at radius 3 is 0.538 bits per heavy atom. The zero-order valence-corrected chi connectivity index (χ0v) is 9.08. The largest absolute Gasteiger partial charge is 3.00 e. The van der Waals surface area contributed by atoms with Gasteiger partial charge in [0.05, 0.1) is 0 Å². The van der Waals surface area contributed by atoms with E-state index in [-0.39, 0.29) is 17.4 Å². The van der Waals surface area contributed by atoms with E-state index in [1.807, 2.05) is 0 Å². The summed E-state index contributed by atoms with van der Waals surface area (Å²) in [5, 5.41) is 0. The molecule has 0 bridgehead atoms. The summed E-state index contributed by atoms with van der Waals surface area (Å²) in [6.45, 7) is 0. The first kappa shape index (κ1) is 23.5. The molecule has 0 radical (unpaired) electrons. The van der Waals surface area contributed by atoms with Crippen LogP contribution < -0.4 is 0 Å². The number of hydrogen-bond donors (Lipinski definition) is 0. The third-order valence-corrected chi connectivity index (χ3v) is 0. The van der Waals surface area contributed by atoms with Crippen molar-refractivity contribution in [3.8, 4) is 0 Å². The quantitative estimate of drug-likeness (QED) is 0.318. The summed E-state index contributed by atoms with van der Waals surface area (Å²) >= 11 is -9.33. The van der Waals surface area contributed by atoms with Crippen molar-refractivity contribution in [2.75, 3.05) is 0 Å². The molecule has 0 amide bonds. The first-order chi connectivity index (χ1) is 5.20. The summed E-state index contributed by atoms with van der Waals surface area (Å²) in [6.07, 6.45) is 0. The molecule has 0 unspecified atom stereocenters. The molecule has 0 saturated carbocycles. The normalized spacial score (nSPS) is 8.08. The maximum Gasteiger partial charge on any atom is 3.00 e. The molecule has 0 aliphatic rings. The standard InChI is InChI=1S/Al.3H2O3S/c;3*1-4(2)3/h;3*(H2,1,2,3)/q+3;;;/p-6. The van der Waals surface area contributed by atoms with Crippen LogP contribution in [0.5, 0.6) is 0 Å². The van der Waals surface area contributed by atoms with Crippen molar-refractivity contribution >= 4 is 51.4 Å². The summed E-state index contributed by atoms with van der Waals surface area (Å²) in [6, 6.07) is 0. The molecule has 0 aromatic carbocycles. The Morgan fingerprint density at radius 2 is 0.538 bits per heavy atom. The van der Waals surface area contributed by atoms with Gasteiger partial charge in [-0.05, 0) is 0 Å². The van der Waals surface area contributed by atoms with Crippen molar-refractivity contribution in [1.82, 2.24) is 0 Å². The number of rotatable bonds is 0. The minimum atomic E-state index is -3.11. The van der Waals surface area contributed by atoms with E-state index in [2.05, 4.69) is 0 Å². The van der Waals surface area contributed by atoms with Crippen molar-refractivity contribution in [3.63, 3.8) is 0 Å². The third-order valence-electron chi connectivity index (χ3n) is 0. The fourth-order valence-corrected chi connectivity index (χ4v) is 0.